The maximum atomic E-state index is 9.75. The van der Waals surface area contributed by atoms with Crippen molar-refractivity contribution >= 4 is 0 Å². The Morgan fingerprint density at radius 1 is 1.32 bits per heavy atom. The van der Waals surface area contributed by atoms with Crippen molar-refractivity contribution in [2.45, 2.75) is 76.4 Å². The number of hydrogen-bond acceptors (Lipinski definition) is 3. The summed E-state index contributed by atoms with van der Waals surface area (Å²) in [6.07, 6.45) is 8.73. The molecule has 0 heterocycles. The Bertz CT molecular complexity index is 270. The van der Waals surface area contributed by atoms with E-state index < -0.39 is 0 Å². The molecular formula is C16H32N2O. The molecule has 2 aliphatic carbocycles. The molecule has 3 nitrogen and oxygen atoms in total. The number of aliphatic hydroxyl groups excluding tert-OH is 1. The third-order valence-corrected chi connectivity index (χ3v) is 5.23. The van der Waals surface area contributed by atoms with Crippen LogP contribution in [-0.2, 0) is 0 Å². The standard InChI is InChI=1S/C16H32N2O/c1-4-16(12-19,17-15-8-9-15)10-5-11-18(3)13(2)14-6-7-14/h13-15,17,19H,4-12H2,1-3H3. The zero-order valence-corrected chi connectivity index (χ0v) is 13.0. The summed E-state index contributed by atoms with van der Waals surface area (Å²) in [5.74, 6) is 0.948. The Hall–Kier alpha value is -0.120. The van der Waals surface area contributed by atoms with Gasteiger partial charge in [0.2, 0.25) is 0 Å². The molecule has 2 fully saturated rings. The predicted molar refractivity (Wildman–Crippen MR) is 80.3 cm³/mol. The highest BCUT2D eigenvalue weighted by Crippen LogP contribution is 2.35. The summed E-state index contributed by atoms with van der Waals surface area (Å²) in [5.41, 5.74) is -0.0230. The van der Waals surface area contributed by atoms with Crippen LogP contribution in [0.15, 0.2) is 0 Å². The van der Waals surface area contributed by atoms with Gasteiger partial charge in [0.15, 0.2) is 0 Å². The first kappa shape index (κ1) is 15.3. The topological polar surface area (TPSA) is 35.5 Å². The Balaban J connectivity index is 1.71. The van der Waals surface area contributed by atoms with Gasteiger partial charge in [-0.15, -0.1) is 0 Å². The Labute approximate surface area is 118 Å². The van der Waals surface area contributed by atoms with Crippen LogP contribution >= 0.6 is 0 Å². The summed E-state index contributed by atoms with van der Waals surface area (Å²) >= 11 is 0. The molecule has 0 bridgehead atoms. The van der Waals surface area contributed by atoms with E-state index in [2.05, 4.69) is 31.1 Å². The average Bonchev–Trinajstić information content (AvgIpc) is 3.29. The molecule has 0 aromatic carbocycles. The van der Waals surface area contributed by atoms with Gasteiger partial charge in [0, 0.05) is 17.6 Å². The van der Waals surface area contributed by atoms with E-state index in [9.17, 15) is 5.11 Å². The van der Waals surface area contributed by atoms with Crippen molar-refractivity contribution in [3.8, 4) is 0 Å². The fourth-order valence-corrected chi connectivity index (χ4v) is 3.06. The highest BCUT2D eigenvalue weighted by molar-refractivity contribution is 4.94. The van der Waals surface area contributed by atoms with E-state index in [1.807, 2.05) is 0 Å². The lowest BCUT2D eigenvalue weighted by atomic mass is 9.90. The quantitative estimate of drug-likeness (QED) is 0.638. The number of nitrogens with zero attached hydrogens (tertiary/aromatic N) is 1. The van der Waals surface area contributed by atoms with Crippen LogP contribution in [0.2, 0.25) is 0 Å². The molecule has 2 atom stereocenters. The maximum Gasteiger partial charge on any atom is 0.0613 e. The summed E-state index contributed by atoms with van der Waals surface area (Å²) in [4.78, 5) is 2.51. The molecule has 2 saturated carbocycles. The molecular weight excluding hydrogens is 236 g/mol. The first-order valence-electron chi connectivity index (χ1n) is 8.19. The van der Waals surface area contributed by atoms with Gasteiger partial charge in [-0.25, -0.2) is 0 Å². The van der Waals surface area contributed by atoms with Crippen LogP contribution in [-0.4, -0.2) is 47.8 Å². The monoisotopic (exact) mass is 268 g/mol. The van der Waals surface area contributed by atoms with Crippen LogP contribution in [0.25, 0.3) is 0 Å². The lowest BCUT2D eigenvalue weighted by Crippen LogP contribution is -2.49. The van der Waals surface area contributed by atoms with Crippen molar-refractivity contribution < 1.29 is 5.11 Å². The molecule has 112 valence electrons. The zero-order chi connectivity index (χ0) is 13.9. The first-order chi connectivity index (χ1) is 9.10. The molecule has 0 spiro atoms. The van der Waals surface area contributed by atoms with Gasteiger partial charge in [-0.1, -0.05) is 6.92 Å². The van der Waals surface area contributed by atoms with Crippen LogP contribution < -0.4 is 5.32 Å². The minimum Gasteiger partial charge on any atom is -0.394 e. The number of rotatable bonds is 10. The van der Waals surface area contributed by atoms with Crippen molar-refractivity contribution in [1.29, 1.82) is 0 Å². The van der Waals surface area contributed by atoms with Crippen LogP contribution in [0, 0.1) is 5.92 Å². The fraction of sp³-hybridized carbons (Fsp3) is 1.00. The molecule has 2 aliphatic rings. The first-order valence-corrected chi connectivity index (χ1v) is 8.19. The van der Waals surface area contributed by atoms with E-state index in [0.717, 1.165) is 31.3 Å². The maximum absolute atomic E-state index is 9.75. The molecule has 2 N–H and O–H groups in total. The van der Waals surface area contributed by atoms with Crippen molar-refractivity contribution in [3.63, 3.8) is 0 Å². The van der Waals surface area contributed by atoms with Crippen LogP contribution in [0.1, 0.15) is 58.8 Å². The molecule has 0 amide bonds. The summed E-state index contributed by atoms with van der Waals surface area (Å²) in [5, 5.41) is 13.4. The van der Waals surface area contributed by atoms with Crippen molar-refractivity contribution in [1.82, 2.24) is 10.2 Å². The smallest absolute Gasteiger partial charge is 0.0613 e. The second-order valence-electron chi connectivity index (χ2n) is 6.87. The van der Waals surface area contributed by atoms with Gasteiger partial charge in [0.1, 0.15) is 0 Å². The third kappa shape index (κ3) is 4.44. The molecule has 19 heavy (non-hydrogen) atoms. The Morgan fingerprint density at radius 3 is 2.47 bits per heavy atom. The highest BCUT2D eigenvalue weighted by Gasteiger charge is 2.34. The molecule has 0 radical (unpaired) electrons. The van der Waals surface area contributed by atoms with E-state index in [1.54, 1.807) is 0 Å². The number of aliphatic hydroxyl groups is 1. The summed E-state index contributed by atoms with van der Waals surface area (Å²) < 4.78 is 0. The summed E-state index contributed by atoms with van der Waals surface area (Å²) in [7, 11) is 2.25. The lowest BCUT2D eigenvalue weighted by molar-refractivity contribution is 0.134. The Morgan fingerprint density at radius 2 is 2.00 bits per heavy atom. The zero-order valence-electron chi connectivity index (χ0n) is 13.0. The van der Waals surface area contributed by atoms with E-state index in [0.29, 0.717) is 6.04 Å². The highest BCUT2D eigenvalue weighted by atomic mass is 16.3. The van der Waals surface area contributed by atoms with Crippen LogP contribution in [0.3, 0.4) is 0 Å². The molecule has 2 unspecified atom stereocenters. The van der Waals surface area contributed by atoms with E-state index in [4.69, 9.17) is 0 Å². The van der Waals surface area contributed by atoms with Gasteiger partial charge in [-0.05, 0) is 71.4 Å². The SMILES string of the molecule is CCC(CO)(CCCN(C)C(C)C1CC1)NC1CC1. The normalized spacial score (nSPS) is 24.5. The van der Waals surface area contributed by atoms with E-state index in [-0.39, 0.29) is 12.1 Å². The molecule has 0 aliphatic heterocycles. The molecule has 0 saturated heterocycles. The van der Waals surface area contributed by atoms with Gasteiger partial charge in [-0.2, -0.15) is 0 Å². The molecule has 3 heteroatoms. The van der Waals surface area contributed by atoms with Crippen molar-refractivity contribution in [2.75, 3.05) is 20.2 Å². The van der Waals surface area contributed by atoms with Crippen molar-refractivity contribution in [2.24, 2.45) is 5.92 Å². The molecule has 0 aromatic rings. The number of hydrogen-bond donors (Lipinski definition) is 2. The largest absolute Gasteiger partial charge is 0.394 e. The lowest BCUT2D eigenvalue weighted by Gasteiger charge is -2.34. The fourth-order valence-electron chi connectivity index (χ4n) is 3.06. The van der Waals surface area contributed by atoms with Crippen molar-refractivity contribution in [3.05, 3.63) is 0 Å². The average molecular weight is 268 g/mol. The van der Waals surface area contributed by atoms with Gasteiger partial charge in [0.05, 0.1) is 6.61 Å². The summed E-state index contributed by atoms with van der Waals surface area (Å²) in [6.45, 7) is 6.00. The summed E-state index contributed by atoms with van der Waals surface area (Å²) in [6, 6.07) is 1.41. The Kier molecular flexibility index (Phi) is 5.27. The minimum atomic E-state index is -0.0230. The van der Waals surface area contributed by atoms with Gasteiger partial charge >= 0.3 is 0 Å². The molecule has 2 rings (SSSR count). The minimum absolute atomic E-state index is 0.0230. The second kappa shape index (κ2) is 6.55. The van der Waals surface area contributed by atoms with Crippen LogP contribution in [0.4, 0.5) is 0 Å². The number of nitrogens with one attached hydrogen (secondary N) is 1. The van der Waals surface area contributed by atoms with E-state index in [1.165, 1.54) is 32.1 Å². The van der Waals surface area contributed by atoms with E-state index >= 15 is 0 Å². The predicted octanol–water partition coefficient (Wildman–Crippen LogP) is 2.39. The molecule has 0 aromatic heterocycles. The van der Waals surface area contributed by atoms with Crippen LogP contribution in [0.5, 0.6) is 0 Å². The van der Waals surface area contributed by atoms with Gasteiger partial charge in [0.25, 0.3) is 0 Å². The second-order valence-corrected chi connectivity index (χ2v) is 6.87. The van der Waals surface area contributed by atoms with Gasteiger partial charge < -0.3 is 15.3 Å². The third-order valence-electron chi connectivity index (χ3n) is 5.23. The van der Waals surface area contributed by atoms with Gasteiger partial charge in [-0.3, -0.25) is 0 Å².